The fraction of sp³-hybridized carbons (Fsp3) is 0.125. The Morgan fingerprint density at radius 3 is 1.19 bits per heavy atom. The molecular formula is C40H30Cl4N4O6. The van der Waals surface area contributed by atoms with Crippen molar-refractivity contribution in [3.8, 4) is 45.0 Å². The van der Waals surface area contributed by atoms with Gasteiger partial charge in [0.15, 0.2) is 17.7 Å². The standard InChI is InChI=1S/C20H16Cl2N2O3.C20H14Cl2N2O3/c2*1-2-27-20(26)19-16(11-25)23-17(12-3-7-14(21)8-4-12)18(24-19)13-5-9-15(22)10-6-13/h3-10,25H,2,11H2,1H3;3-11H,2H2,1H3. The molecule has 54 heavy (non-hydrogen) atoms. The van der Waals surface area contributed by atoms with Crippen LogP contribution in [0, 0.1) is 0 Å². The molecule has 4 aromatic carbocycles. The van der Waals surface area contributed by atoms with E-state index in [1.165, 1.54) is 0 Å². The van der Waals surface area contributed by atoms with Crippen LogP contribution in [0.5, 0.6) is 0 Å². The number of carbonyl (C=O) groups is 3. The van der Waals surface area contributed by atoms with Gasteiger partial charge >= 0.3 is 11.9 Å². The lowest BCUT2D eigenvalue weighted by molar-refractivity contribution is 0.0506. The summed E-state index contributed by atoms with van der Waals surface area (Å²) < 4.78 is 10.1. The van der Waals surface area contributed by atoms with E-state index in [1.54, 1.807) is 111 Å². The molecule has 0 saturated carbocycles. The number of aromatic nitrogens is 4. The Labute approximate surface area is 330 Å². The minimum atomic E-state index is -0.704. The van der Waals surface area contributed by atoms with Gasteiger partial charge in [-0.2, -0.15) is 0 Å². The van der Waals surface area contributed by atoms with E-state index in [0.717, 1.165) is 11.1 Å². The second-order valence-electron chi connectivity index (χ2n) is 11.1. The molecule has 0 saturated heterocycles. The number of halogens is 4. The van der Waals surface area contributed by atoms with Crippen LogP contribution in [0.4, 0.5) is 0 Å². The fourth-order valence-electron chi connectivity index (χ4n) is 5.06. The van der Waals surface area contributed by atoms with Gasteiger partial charge in [-0.1, -0.05) is 94.9 Å². The van der Waals surface area contributed by atoms with Crippen molar-refractivity contribution in [2.24, 2.45) is 0 Å². The molecule has 0 spiro atoms. The van der Waals surface area contributed by atoms with Crippen molar-refractivity contribution in [2.45, 2.75) is 20.5 Å². The third-order valence-electron chi connectivity index (χ3n) is 7.56. The number of nitrogens with zero attached hydrogens (tertiary/aromatic N) is 4. The zero-order valence-electron chi connectivity index (χ0n) is 28.7. The van der Waals surface area contributed by atoms with E-state index >= 15 is 0 Å². The molecular weight excluding hydrogens is 774 g/mol. The summed E-state index contributed by atoms with van der Waals surface area (Å²) in [4.78, 5) is 53.8. The van der Waals surface area contributed by atoms with Gasteiger partial charge < -0.3 is 14.6 Å². The van der Waals surface area contributed by atoms with Crippen LogP contribution in [0.2, 0.25) is 20.1 Å². The van der Waals surface area contributed by atoms with Crippen LogP contribution in [-0.4, -0.2) is 56.5 Å². The van der Waals surface area contributed by atoms with E-state index in [0.29, 0.717) is 60.3 Å². The van der Waals surface area contributed by atoms with E-state index in [9.17, 15) is 19.5 Å². The van der Waals surface area contributed by atoms with Gasteiger partial charge in [0.2, 0.25) is 0 Å². The molecule has 0 aliphatic carbocycles. The van der Waals surface area contributed by atoms with Gasteiger partial charge in [-0.3, -0.25) is 4.79 Å². The maximum absolute atomic E-state index is 12.3. The van der Waals surface area contributed by atoms with Crippen molar-refractivity contribution >= 4 is 64.6 Å². The summed E-state index contributed by atoms with van der Waals surface area (Å²) in [5.74, 6) is -1.34. The molecule has 6 aromatic rings. The Bertz CT molecular complexity index is 2270. The number of aliphatic hydroxyl groups excluding tert-OH is 1. The van der Waals surface area contributed by atoms with Gasteiger partial charge in [-0.15, -0.1) is 0 Å². The molecule has 0 unspecified atom stereocenters. The molecule has 0 aliphatic rings. The second kappa shape index (κ2) is 18.7. The van der Waals surface area contributed by atoms with Crippen molar-refractivity contribution in [3.63, 3.8) is 0 Å². The van der Waals surface area contributed by atoms with Crippen molar-refractivity contribution in [3.05, 3.63) is 140 Å². The summed E-state index contributed by atoms with van der Waals surface area (Å²) >= 11 is 23.9. The van der Waals surface area contributed by atoms with Crippen molar-refractivity contribution in [1.29, 1.82) is 0 Å². The molecule has 0 amide bonds. The molecule has 0 fully saturated rings. The Balaban J connectivity index is 0.000000208. The highest BCUT2D eigenvalue weighted by molar-refractivity contribution is 6.31. The molecule has 274 valence electrons. The first-order valence-electron chi connectivity index (χ1n) is 16.3. The summed E-state index contributed by atoms with van der Waals surface area (Å²) in [6.45, 7) is 3.29. The predicted octanol–water partition coefficient (Wildman–Crippen LogP) is 9.89. The van der Waals surface area contributed by atoms with Crippen LogP contribution in [0.1, 0.15) is 51.0 Å². The number of aldehydes is 1. The van der Waals surface area contributed by atoms with Crippen LogP contribution >= 0.6 is 46.4 Å². The van der Waals surface area contributed by atoms with E-state index in [1.807, 2.05) is 0 Å². The molecule has 1 N–H and O–H groups in total. The molecule has 2 heterocycles. The van der Waals surface area contributed by atoms with E-state index in [4.69, 9.17) is 55.9 Å². The van der Waals surface area contributed by atoms with Gasteiger partial charge in [-0.25, -0.2) is 29.5 Å². The number of carbonyl (C=O) groups excluding carboxylic acids is 3. The average Bonchev–Trinajstić information content (AvgIpc) is 3.18. The highest BCUT2D eigenvalue weighted by Gasteiger charge is 2.23. The Morgan fingerprint density at radius 2 is 0.852 bits per heavy atom. The molecule has 10 nitrogen and oxygen atoms in total. The van der Waals surface area contributed by atoms with Gasteiger partial charge in [0, 0.05) is 42.3 Å². The number of hydrogen-bond donors (Lipinski definition) is 1. The highest BCUT2D eigenvalue weighted by atomic mass is 35.5. The maximum atomic E-state index is 12.3. The minimum absolute atomic E-state index is 0.0120. The minimum Gasteiger partial charge on any atom is -0.461 e. The van der Waals surface area contributed by atoms with Gasteiger partial charge in [-0.05, 0) is 62.4 Å². The number of hydrogen-bond acceptors (Lipinski definition) is 10. The topological polar surface area (TPSA) is 141 Å². The summed E-state index contributed by atoms with van der Waals surface area (Å²) in [6.07, 6.45) is 0.490. The molecule has 0 bridgehead atoms. The second-order valence-corrected chi connectivity index (χ2v) is 12.9. The number of aliphatic hydroxyl groups is 1. The number of ether oxygens (including phenoxy) is 2. The maximum Gasteiger partial charge on any atom is 0.359 e. The lowest BCUT2D eigenvalue weighted by atomic mass is 10.0. The lowest BCUT2D eigenvalue weighted by Gasteiger charge is -2.14. The lowest BCUT2D eigenvalue weighted by Crippen LogP contribution is -2.14. The largest absolute Gasteiger partial charge is 0.461 e. The number of rotatable bonds is 10. The Kier molecular flexibility index (Phi) is 13.8. The van der Waals surface area contributed by atoms with Gasteiger partial charge in [0.1, 0.15) is 5.69 Å². The molecule has 0 radical (unpaired) electrons. The van der Waals surface area contributed by atoms with Gasteiger partial charge in [0.25, 0.3) is 0 Å². The molecule has 0 aliphatic heterocycles. The zero-order chi connectivity index (χ0) is 38.8. The van der Waals surface area contributed by atoms with Crippen molar-refractivity contribution in [1.82, 2.24) is 19.9 Å². The quantitative estimate of drug-likeness (QED) is 0.105. The monoisotopic (exact) mass is 802 g/mol. The number of benzene rings is 4. The predicted molar refractivity (Wildman–Crippen MR) is 209 cm³/mol. The number of esters is 2. The Hall–Kier alpha value is -5.23. The third kappa shape index (κ3) is 9.65. The van der Waals surface area contributed by atoms with Crippen LogP contribution in [0.3, 0.4) is 0 Å². The van der Waals surface area contributed by atoms with E-state index < -0.39 is 18.5 Å². The summed E-state index contributed by atoms with van der Waals surface area (Å²) in [5, 5.41) is 12.0. The first-order valence-corrected chi connectivity index (χ1v) is 17.8. The zero-order valence-corrected chi connectivity index (χ0v) is 31.7. The molecule has 6 rings (SSSR count). The third-order valence-corrected chi connectivity index (χ3v) is 8.57. The molecule has 14 heteroatoms. The molecule has 2 aromatic heterocycles. The van der Waals surface area contributed by atoms with E-state index in [-0.39, 0.29) is 36.0 Å². The fourth-order valence-corrected chi connectivity index (χ4v) is 5.56. The average molecular weight is 805 g/mol. The first-order chi connectivity index (χ1) is 26.1. The van der Waals surface area contributed by atoms with Crippen LogP contribution in [-0.2, 0) is 16.1 Å². The van der Waals surface area contributed by atoms with Crippen LogP contribution < -0.4 is 0 Å². The summed E-state index contributed by atoms with van der Waals surface area (Å²) in [7, 11) is 0. The van der Waals surface area contributed by atoms with Crippen LogP contribution in [0.15, 0.2) is 97.1 Å². The molecule has 0 atom stereocenters. The highest BCUT2D eigenvalue weighted by Crippen LogP contribution is 2.33. The smallest absolute Gasteiger partial charge is 0.359 e. The summed E-state index contributed by atoms with van der Waals surface area (Å²) in [6, 6.07) is 28.0. The first kappa shape index (κ1) is 40.0. The Morgan fingerprint density at radius 1 is 0.537 bits per heavy atom. The van der Waals surface area contributed by atoms with Gasteiger partial charge in [0.05, 0.1) is 48.3 Å². The van der Waals surface area contributed by atoms with Crippen LogP contribution in [0.25, 0.3) is 45.0 Å². The van der Waals surface area contributed by atoms with Crippen molar-refractivity contribution in [2.75, 3.05) is 13.2 Å². The normalized spacial score (nSPS) is 10.6. The summed E-state index contributed by atoms with van der Waals surface area (Å²) in [5.41, 5.74) is 4.68. The van der Waals surface area contributed by atoms with E-state index in [2.05, 4.69) is 19.9 Å². The SMILES string of the molecule is CCOC(=O)c1nc(-c2ccc(Cl)cc2)c(-c2ccc(Cl)cc2)nc1C=O.CCOC(=O)c1nc(-c2ccc(Cl)cc2)c(-c2ccc(Cl)cc2)nc1CO. The van der Waals surface area contributed by atoms with Crippen molar-refractivity contribution < 1.29 is 29.0 Å².